The summed E-state index contributed by atoms with van der Waals surface area (Å²) in [7, 11) is -3.27. The second-order valence-electron chi connectivity index (χ2n) is 8.64. The molecule has 0 unspecified atom stereocenters. The van der Waals surface area contributed by atoms with E-state index in [2.05, 4.69) is 5.32 Å². The van der Waals surface area contributed by atoms with Gasteiger partial charge in [0, 0.05) is 32.9 Å². The molecular weight excluding hydrogens is 408 g/mol. The van der Waals surface area contributed by atoms with Gasteiger partial charge in [0.2, 0.25) is 11.8 Å². The first-order valence-corrected chi connectivity index (χ1v) is 12.0. The number of nitrogens with one attached hydrogen (secondary N) is 1. The highest BCUT2D eigenvalue weighted by Gasteiger charge is 2.53. The molecule has 30 heavy (non-hydrogen) atoms. The Morgan fingerprint density at radius 2 is 1.80 bits per heavy atom. The highest BCUT2D eigenvalue weighted by atomic mass is 32.2. The summed E-state index contributed by atoms with van der Waals surface area (Å²) in [4.78, 5) is 26.3. The van der Waals surface area contributed by atoms with Crippen molar-refractivity contribution >= 4 is 21.7 Å². The number of hydrogen-bond acceptors (Lipinski definition) is 6. The van der Waals surface area contributed by atoms with Crippen LogP contribution >= 0.6 is 0 Å². The van der Waals surface area contributed by atoms with Gasteiger partial charge in [-0.1, -0.05) is 12.1 Å². The monoisotopic (exact) mass is 438 g/mol. The van der Waals surface area contributed by atoms with Gasteiger partial charge in [-0.05, 0) is 43.9 Å². The van der Waals surface area contributed by atoms with Crippen molar-refractivity contribution in [2.75, 3.05) is 26.0 Å². The molecule has 2 aliphatic heterocycles. The largest absolute Gasteiger partial charge is 0.388 e. The zero-order valence-corrected chi connectivity index (χ0v) is 18.5. The van der Waals surface area contributed by atoms with Gasteiger partial charge in [0.25, 0.3) is 0 Å². The highest BCUT2D eigenvalue weighted by molar-refractivity contribution is 7.90. The number of nitrogens with zero attached hydrogens (tertiary/aromatic N) is 1. The van der Waals surface area contributed by atoms with Gasteiger partial charge in [-0.25, -0.2) is 8.42 Å². The number of carbonyl (C=O) groups is 2. The van der Waals surface area contributed by atoms with Crippen LogP contribution in [0.15, 0.2) is 29.2 Å². The van der Waals surface area contributed by atoms with Gasteiger partial charge in [-0.3, -0.25) is 9.59 Å². The Morgan fingerprint density at radius 1 is 1.20 bits per heavy atom. The Balaban J connectivity index is 1.62. The predicted octanol–water partition coefficient (Wildman–Crippen LogP) is 0.670. The van der Waals surface area contributed by atoms with Crippen LogP contribution in [0, 0.1) is 0 Å². The van der Waals surface area contributed by atoms with Crippen LogP contribution in [-0.2, 0) is 30.6 Å². The van der Waals surface area contributed by atoms with Gasteiger partial charge in [-0.2, -0.15) is 0 Å². The third-order valence-corrected chi connectivity index (χ3v) is 7.37. The fraction of sp³-hybridized carbons (Fsp3) is 0.619. The van der Waals surface area contributed by atoms with Crippen molar-refractivity contribution in [1.29, 1.82) is 0 Å². The van der Waals surface area contributed by atoms with Crippen LogP contribution in [0.3, 0.4) is 0 Å². The zero-order valence-electron chi connectivity index (χ0n) is 17.7. The Labute approximate surface area is 177 Å². The van der Waals surface area contributed by atoms with Crippen molar-refractivity contribution in [3.05, 3.63) is 29.8 Å². The van der Waals surface area contributed by atoms with Crippen molar-refractivity contribution in [3.8, 4) is 0 Å². The maximum atomic E-state index is 12.7. The summed E-state index contributed by atoms with van der Waals surface area (Å²) in [6, 6.07) is 6.34. The molecule has 1 spiro atoms. The van der Waals surface area contributed by atoms with E-state index in [4.69, 9.17) is 4.74 Å². The molecule has 2 atom stereocenters. The maximum Gasteiger partial charge on any atom is 0.226 e. The van der Waals surface area contributed by atoms with Gasteiger partial charge in [0.1, 0.15) is 6.10 Å². The van der Waals surface area contributed by atoms with Crippen LogP contribution in [0.25, 0.3) is 0 Å². The molecule has 2 N–H and O–H groups in total. The number of sulfone groups is 1. The molecule has 2 fully saturated rings. The number of likely N-dealkylation sites (tertiary alicyclic amines) is 1. The highest BCUT2D eigenvalue weighted by Crippen LogP contribution is 2.40. The van der Waals surface area contributed by atoms with Gasteiger partial charge in [-0.15, -0.1) is 0 Å². The molecule has 3 rings (SSSR count). The quantitative estimate of drug-likeness (QED) is 0.714. The normalized spacial score (nSPS) is 26.4. The lowest BCUT2D eigenvalue weighted by molar-refractivity contribution is -0.207. The Kier molecular flexibility index (Phi) is 6.27. The summed E-state index contributed by atoms with van der Waals surface area (Å²) in [5, 5.41) is 13.9. The molecule has 2 amide bonds. The number of ether oxygens (including phenoxy) is 1. The number of amides is 2. The molecule has 166 valence electrons. The lowest BCUT2D eigenvalue weighted by Gasteiger charge is -2.53. The SMILES string of the molecule is CC(=O)N[C@]1(C)CCOC2(CCN(C(=O)Cc3ccc(S(C)(=O)=O)cc3)CC2)[C@H]1O. The number of aliphatic hydroxyl groups is 1. The average Bonchev–Trinajstić information content (AvgIpc) is 2.66. The number of benzene rings is 1. The Bertz CT molecular complexity index is 906. The van der Waals surface area contributed by atoms with Crippen molar-refractivity contribution in [2.24, 2.45) is 0 Å². The minimum Gasteiger partial charge on any atom is -0.388 e. The zero-order chi connectivity index (χ0) is 22.2. The first-order chi connectivity index (χ1) is 14.0. The van der Waals surface area contributed by atoms with Crippen molar-refractivity contribution in [1.82, 2.24) is 10.2 Å². The van der Waals surface area contributed by atoms with Gasteiger partial charge >= 0.3 is 0 Å². The summed E-state index contributed by atoms with van der Waals surface area (Å²) >= 11 is 0. The number of hydrogen-bond donors (Lipinski definition) is 2. The van der Waals surface area contributed by atoms with Crippen molar-refractivity contribution < 1.29 is 27.9 Å². The van der Waals surface area contributed by atoms with E-state index in [0.29, 0.717) is 39.0 Å². The molecule has 1 aromatic rings. The van der Waals surface area contributed by atoms with Crippen molar-refractivity contribution in [3.63, 3.8) is 0 Å². The third kappa shape index (κ3) is 4.68. The smallest absolute Gasteiger partial charge is 0.226 e. The second-order valence-corrected chi connectivity index (χ2v) is 10.7. The lowest BCUT2D eigenvalue weighted by atomic mass is 9.73. The molecule has 8 nitrogen and oxygen atoms in total. The summed E-state index contributed by atoms with van der Waals surface area (Å²) in [6.07, 6.45) is 1.98. The first-order valence-electron chi connectivity index (χ1n) is 10.1. The predicted molar refractivity (Wildman–Crippen MR) is 111 cm³/mol. The fourth-order valence-electron chi connectivity index (χ4n) is 4.49. The third-order valence-electron chi connectivity index (χ3n) is 6.24. The first kappa shape index (κ1) is 22.7. The van der Waals surface area contributed by atoms with Crippen LogP contribution in [0.1, 0.15) is 38.7 Å². The molecule has 1 aromatic carbocycles. The van der Waals surface area contributed by atoms with Crippen LogP contribution in [0.4, 0.5) is 0 Å². The van der Waals surface area contributed by atoms with Gasteiger partial charge in [0.05, 0.1) is 22.5 Å². The van der Waals surface area contributed by atoms with E-state index in [1.165, 1.54) is 19.1 Å². The minimum atomic E-state index is -3.27. The summed E-state index contributed by atoms with van der Waals surface area (Å²) < 4.78 is 29.1. The van der Waals surface area contributed by atoms with Crippen LogP contribution in [0.5, 0.6) is 0 Å². The standard InChI is InChI=1S/C21H30N2O6S/c1-15(24)22-20(2)10-13-29-21(19(20)26)8-11-23(12-9-21)18(25)14-16-4-6-17(7-5-16)30(3,27)28/h4-7,19,26H,8-14H2,1-3H3,(H,22,24)/t19-,20+/m0/s1. The molecule has 0 saturated carbocycles. The summed E-state index contributed by atoms with van der Waals surface area (Å²) in [5.41, 5.74) is -0.777. The molecule has 9 heteroatoms. The van der Waals surface area contributed by atoms with E-state index in [9.17, 15) is 23.1 Å². The van der Waals surface area contributed by atoms with E-state index in [0.717, 1.165) is 11.8 Å². The topological polar surface area (TPSA) is 113 Å². The summed E-state index contributed by atoms with van der Waals surface area (Å²) in [5.74, 6) is -0.241. The van der Waals surface area contributed by atoms with Crippen LogP contribution < -0.4 is 5.32 Å². The van der Waals surface area contributed by atoms with E-state index >= 15 is 0 Å². The van der Waals surface area contributed by atoms with Gasteiger partial charge in [0.15, 0.2) is 9.84 Å². The lowest BCUT2D eigenvalue weighted by Crippen LogP contribution is -2.69. The van der Waals surface area contributed by atoms with E-state index in [1.54, 1.807) is 17.0 Å². The average molecular weight is 439 g/mol. The molecular formula is C21H30N2O6S. The molecule has 0 aromatic heterocycles. The van der Waals surface area contributed by atoms with Crippen LogP contribution in [-0.4, -0.2) is 73.4 Å². The molecule has 0 aliphatic carbocycles. The molecule has 0 radical (unpaired) electrons. The maximum absolute atomic E-state index is 12.7. The summed E-state index contributed by atoms with van der Waals surface area (Å²) in [6.45, 7) is 4.61. The number of aliphatic hydroxyl groups excluding tert-OH is 1. The molecule has 0 bridgehead atoms. The number of piperidine rings is 1. The second kappa shape index (κ2) is 8.28. The molecule has 2 heterocycles. The van der Waals surface area contributed by atoms with Crippen molar-refractivity contribution in [2.45, 2.75) is 61.7 Å². The molecule has 2 aliphatic rings. The van der Waals surface area contributed by atoms with Gasteiger partial charge < -0.3 is 20.1 Å². The fourth-order valence-corrected chi connectivity index (χ4v) is 5.12. The van der Waals surface area contributed by atoms with Crippen LogP contribution in [0.2, 0.25) is 0 Å². The number of carbonyl (C=O) groups excluding carboxylic acids is 2. The number of rotatable bonds is 4. The van der Waals surface area contributed by atoms with E-state index < -0.39 is 27.1 Å². The minimum absolute atomic E-state index is 0.0492. The molecule has 2 saturated heterocycles. The van der Waals surface area contributed by atoms with E-state index in [1.807, 2.05) is 6.92 Å². The van der Waals surface area contributed by atoms with E-state index in [-0.39, 0.29) is 23.1 Å². The Morgan fingerprint density at radius 3 is 2.33 bits per heavy atom. The Hall–Kier alpha value is -1.97.